The van der Waals surface area contributed by atoms with E-state index in [0.29, 0.717) is 24.2 Å². The minimum Gasteiger partial charge on any atom is -0.448 e. The topological polar surface area (TPSA) is 95.0 Å². The van der Waals surface area contributed by atoms with E-state index in [9.17, 15) is 9.59 Å². The predicted molar refractivity (Wildman–Crippen MR) is 141 cm³/mol. The molecule has 0 saturated carbocycles. The Labute approximate surface area is 211 Å². The van der Waals surface area contributed by atoms with E-state index in [-0.39, 0.29) is 23.6 Å². The lowest BCUT2D eigenvalue weighted by Crippen LogP contribution is -2.32. The molecule has 0 unspecified atom stereocenters. The van der Waals surface area contributed by atoms with E-state index >= 15 is 0 Å². The van der Waals surface area contributed by atoms with Gasteiger partial charge in [0, 0.05) is 24.3 Å². The van der Waals surface area contributed by atoms with Gasteiger partial charge in [-0.05, 0) is 40.5 Å². The van der Waals surface area contributed by atoms with Crippen LogP contribution < -0.4 is 10.9 Å². The molecule has 1 N–H and O–H groups in total. The van der Waals surface area contributed by atoms with E-state index in [4.69, 9.17) is 4.42 Å². The summed E-state index contributed by atoms with van der Waals surface area (Å²) in [5.74, 6) is -0.288. The van der Waals surface area contributed by atoms with Gasteiger partial charge in [0.1, 0.15) is 17.6 Å². The van der Waals surface area contributed by atoms with Crippen molar-refractivity contribution in [3.63, 3.8) is 0 Å². The van der Waals surface area contributed by atoms with E-state index < -0.39 is 0 Å². The quantitative estimate of drug-likeness (QED) is 0.359. The van der Waals surface area contributed by atoms with E-state index in [1.165, 1.54) is 10.9 Å². The molecule has 8 nitrogen and oxygen atoms in total. The van der Waals surface area contributed by atoms with Gasteiger partial charge >= 0.3 is 0 Å². The summed E-state index contributed by atoms with van der Waals surface area (Å²) < 4.78 is 8.85. The molecule has 6 aromatic rings. The molecule has 6 rings (SSSR count). The van der Waals surface area contributed by atoms with E-state index in [2.05, 4.69) is 39.7 Å². The summed E-state index contributed by atoms with van der Waals surface area (Å²) >= 11 is 0. The summed E-state index contributed by atoms with van der Waals surface area (Å²) in [6.07, 6.45) is 5.10. The van der Waals surface area contributed by atoms with Crippen molar-refractivity contribution in [2.24, 2.45) is 0 Å². The Morgan fingerprint density at radius 1 is 0.946 bits per heavy atom. The highest BCUT2D eigenvalue weighted by atomic mass is 16.3. The van der Waals surface area contributed by atoms with Crippen molar-refractivity contribution in [1.29, 1.82) is 0 Å². The number of amides is 1. The lowest BCUT2D eigenvalue weighted by Gasteiger charge is -2.12. The molecule has 3 heterocycles. The third kappa shape index (κ3) is 4.52. The van der Waals surface area contributed by atoms with Crippen molar-refractivity contribution >= 4 is 28.0 Å². The number of fused-ring (bicyclic) bond motifs is 3. The van der Waals surface area contributed by atoms with E-state index in [1.807, 2.05) is 59.4 Å². The fourth-order valence-electron chi connectivity index (χ4n) is 4.46. The van der Waals surface area contributed by atoms with Crippen molar-refractivity contribution in [3.05, 3.63) is 119 Å². The average molecular weight is 490 g/mol. The van der Waals surface area contributed by atoms with Gasteiger partial charge < -0.3 is 9.73 Å². The lowest BCUT2D eigenvalue weighted by molar-refractivity contribution is -0.121. The number of hydrogen-bond acceptors (Lipinski definition) is 5. The molecule has 0 saturated heterocycles. The molecule has 3 aromatic heterocycles. The standard InChI is InChI=1S/C29H23N5O3/c35-26(18-33-19-31-27-24-8-3-4-9-25(24)37-28(27)29(33)36)30-16-22-6-1-2-7-23(22)21-12-10-20(11-13-21)17-34-15-5-14-32-34/h1-15,19H,16-18H2,(H,30,35). The number of nitrogens with one attached hydrogen (secondary N) is 1. The Balaban J connectivity index is 1.16. The van der Waals surface area contributed by atoms with Crippen molar-refractivity contribution in [2.75, 3.05) is 0 Å². The Kier molecular flexibility index (Phi) is 5.82. The first-order valence-corrected chi connectivity index (χ1v) is 11.9. The largest absolute Gasteiger partial charge is 0.448 e. The molecule has 3 aromatic carbocycles. The summed E-state index contributed by atoms with van der Waals surface area (Å²) in [5, 5.41) is 7.96. The molecular formula is C29H23N5O3. The summed E-state index contributed by atoms with van der Waals surface area (Å²) in [7, 11) is 0. The van der Waals surface area contributed by atoms with Crippen LogP contribution in [0.4, 0.5) is 0 Å². The number of nitrogens with zero attached hydrogens (tertiary/aromatic N) is 4. The van der Waals surface area contributed by atoms with Crippen LogP contribution in [0.5, 0.6) is 0 Å². The van der Waals surface area contributed by atoms with Crippen LogP contribution >= 0.6 is 0 Å². The molecule has 0 atom stereocenters. The van der Waals surface area contributed by atoms with Gasteiger partial charge in [0.2, 0.25) is 11.5 Å². The van der Waals surface area contributed by atoms with Gasteiger partial charge in [0.25, 0.3) is 5.56 Å². The maximum Gasteiger partial charge on any atom is 0.297 e. The Morgan fingerprint density at radius 2 is 1.76 bits per heavy atom. The molecule has 0 aliphatic rings. The van der Waals surface area contributed by atoms with Gasteiger partial charge in [-0.15, -0.1) is 0 Å². The molecule has 182 valence electrons. The Bertz CT molecular complexity index is 1770. The normalized spacial score (nSPS) is 11.2. The summed E-state index contributed by atoms with van der Waals surface area (Å²) in [5.41, 5.74) is 5.09. The molecule has 8 heteroatoms. The van der Waals surface area contributed by atoms with Crippen LogP contribution in [0.25, 0.3) is 33.2 Å². The second kappa shape index (κ2) is 9.58. The first kappa shape index (κ1) is 22.5. The maximum atomic E-state index is 12.9. The highest BCUT2D eigenvalue weighted by Crippen LogP contribution is 2.25. The fourth-order valence-corrected chi connectivity index (χ4v) is 4.46. The number of rotatable bonds is 7. The first-order valence-electron chi connectivity index (χ1n) is 11.9. The molecule has 0 aliphatic heterocycles. The summed E-state index contributed by atoms with van der Waals surface area (Å²) in [6.45, 7) is 0.890. The van der Waals surface area contributed by atoms with Crippen LogP contribution in [0.15, 0.2) is 107 Å². The van der Waals surface area contributed by atoms with Crippen LogP contribution in [0, 0.1) is 0 Å². The summed E-state index contributed by atoms with van der Waals surface area (Å²) in [4.78, 5) is 30.0. The second-order valence-corrected chi connectivity index (χ2v) is 8.79. The fraction of sp³-hybridized carbons (Fsp3) is 0.103. The molecule has 0 spiro atoms. The number of aromatic nitrogens is 4. The number of furan rings is 1. The summed E-state index contributed by atoms with van der Waals surface area (Å²) in [6, 6.07) is 25.5. The van der Waals surface area contributed by atoms with Gasteiger partial charge in [-0.1, -0.05) is 60.7 Å². The number of para-hydroxylation sites is 1. The zero-order valence-corrected chi connectivity index (χ0v) is 19.9. The third-order valence-electron chi connectivity index (χ3n) is 6.33. The second-order valence-electron chi connectivity index (χ2n) is 8.79. The highest BCUT2D eigenvalue weighted by molar-refractivity contribution is 6.01. The van der Waals surface area contributed by atoms with Crippen molar-refractivity contribution in [2.45, 2.75) is 19.6 Å². The van der Waals surface area contributed by atoms with Gasteiger partial charge in [-0.3, -0.25) is 18.8 Å². The van der Waals surface area contributed by atoms with Crippen LogP contribution in [-0.4, -0.2) is 25.2 Å². The molecule has 0 radical (unpaired) electrons. The van der Waals surface area contributed by atoms with Gasteiger partial charge in [0.05, 0.1) is 12.9 Å². The van der Waals surface area contributed by atoms with Crippen LogP contribution in [-0.2, 0) is 24.4 Å². The minimum absolute atomic E-state index is 0.150. The monoisotopic (exact) mass is 489 g/mol. The zero-order chi connectivity index (χ0) is 25.2. The van der Waals surface area contributed by atoms with E-state index in [1.54, 1.807) is 12.3 Å². The molecule has 0 aliphatic carbocycles. The van der Waals surface area contributed by atoms with Crippen molar-refractivity contribution in [1.82, 2.24) is 24.6 Å². The van der Waals surface area contributed by atoms with Gasteiger partial charge in [-0.2, -0.15) is 5.10 Å². The Hall–Kier alpha value is -4.98. The molecule has 0 fully saturated rings. The zero-order valence-electron chi connectivity index (χ0n) is 19.9. The number of benzene rings is 3. The van der Waals surface area contributed by atoms with Crippen LogP contribution in [0.2, 0.25) is 0 Å². The SMILES string of the molecule is O=C(Cn1cnc2c(oc3ccccc32)c1=O)NCc1ccccc1-c1ccc(Cn2cccn2)cc1. The van der Waals surface area contributed by atoms with E-state index in [0.717, 1.165) is 27.6 Å². The van der Waals surface area contributed by atoms with Crippen molar-refractivity contribution < 1.29 is 9.21 Å². The van der Waals surface area contributed by atoms with Gasteiger partial charge in [-0.25, -0.2) is 4.98 Å². The number of carbonyl (C=O) groups excluding carboxylic acids is 1. The first-order chi connectivity index (χ1) is 18.2. The molecule has 37 heavy (non-hydrogen) atoms. The minimum atomic E-state index is -0.382. The third-order valence-corrected chi connectivity index (χ3v) is 6.33. The predicted octanol–water partition coefficient (Wildman–Crippen LogP) is 4.37. The molecule has 1 amide bonds. The molecular weight excluding hydrogens is 466 g/mol. The van der Waals surface area contributed by atoms with Gasteiger partial charge in [0.15, 0.2) is 0 Å². The Morgan fingerprint density at radius 3 is 2.59 bits per heavy atom. The highest BCUT2D eigenvalue weighted by Gasteiger charge is 2.15. The molecule has 0 bridgehead atoms. The number of carbonyl (C=O) groups is 1. The van der Waals surface area contributed by atoms with Crippen molar-refractivity contribution in [3.8, 4) is 11.1 Å². The smallest absolute Gasteiger partial charge is 0.297 e. The number of hydrogen-bond donors (Lipinski definition) is 1. The van der Waals surface area contributed by atoms with Crippen LogP contribution in [0.3, 0.4) is 0 Å². The van der Waals surface area contributed by atoms with Crippen LogP contribution in [0.1, 0.15) is 11.1 Å². The lowest BCUT2D eigenvalue weighted by atomic mass is 9.98. The maximum absolute atomic E-state index is 12.9. The average Bonchev–Trinajstić information content (AvgIpc) is 3.58.